The highest BCUT2D eigenvalue weighted by Crippen LogP contribution is 2.62. The Morgan fingerprint density at radius 3 is 2.69 bits per heavy atom. The number of ether oxygens (including phenoxy) is 2. The maximum atomic E-state index is 12.9. The molecule has 32 heavy (non-hydrogen) atoms. The molecule has 2 saturated carbocycles. The van der Waals surface area contributed by atoms with Crippen LogP contribution in [-0.2, 0) is 20.8 Å². The van der Waals surface area contributed by atoms with E-state index in [1.165, 1.54) is 24.8 Å². The molecule has 5 heteroatoms. The largest absolute Gasteiger partial charge is 0.462 e. The van der Waals surface area contributed by atoms with Gasteiger partial charge in [0.2, 0.25) is 0 Å². The normalized spacial score (nSPS) is 41.8. The number of fused-ring (bicyclic) bond motifs is 3. The van der Waals surface area contributed by atoms with Gasteiger partial charge in [0.1, 0.15) is 6.10 Å². The van der Waals surface area contributed by atoms with Crippen LogP contribution in [0.1, 0.15) is 57.4 Å². The second-order valence-electron chi connectivity index (χ2n) is 11.5. The molecule has 5 aliphatic rings. The van der Waals surface area contributed by atoms with Crippen LogP contribution in [0.25, 0.3) is 0 Å². The minimum absolute atomic E-state index is 0.0182. The second kappa shape index (κ2) is 8.11. The Hall–Kier alpha value is -1.43. The lowest BCUT2D eigenvalue weighted by molar-refractivity contribution is -0.147. The number of nitrogens with one attached hydrogen (secondary N) is 1. The minimum Gasteiger partial charge on any atom is -0.462 e. The Bertz CT molecular complexity index is 833. The first-order valence-electron chi connectivity index (χ1n) is 12.9. The summed E-state index contributed by atoms with van der Waals surface area (Å²) >= 11 is 0. The van der Waals surface area contributed by atoms with Gasteiger partial charge in [0, 0.05) is 25.0 Å². The van der Waals surface area contributed by atoms with Gasteiger partial charge in [0.05, 0.1) is 18.1 Å². The Labute approximate surface area is 192 Å². The number of piperidine rings is 1. The van der Waals surface area contributed by atoms with Crippen molar-refractivity contribution in [2.75, 3.05) is 26.2 Å². The first kappa shape index (κ1) is 21.1. The third-order valence-corrected chi connectivity index (χ3v) is 9.54. The van der Waals surface area contributed by atoms with E-state index in [2.05, 4.69) is 47.5 Å². The lowest BCUT2D eigenvalue weighted by Gasteiger charge is -2.51. The third-order valence-electron chi connectivity index (χ3n) is 9.54. The number of rotatable bonds is 5. The van der Waals surface area contributed by atoms with Gasteiger partial charge in [0.25, 0.3) is 0 Å². The topological polar surface area (TPSA) is 54.1 Å². The predicted molar refractivity (Wildman–Crippen MR) is 123 cm³/mol. The van der Waals surface area contributed by atoms with E-state index in [0.717, 1.165) is 58.5 Å². The number of hydrogen-bond donors (Lipinski definition) is 1. The number of benzene rings is 1. The Balaban J connectivity index is 1.04. The molecular formula is C27H38N2O3. The fourth-order valence-electron chi connectivity index (χ4n) is 7.62. The number of likely N-dealkylation sites (tertiary alicyclic amines) is 1. The van der Waals surface area contributed by atoms with Crippen molar-refractivity contribution in [3.05, 3.63) is 35.9 Å². The summed E-state index contributed by atoms with van der Waals surface area (Å²) in [5.74, 6) is 1.03. The van der Waals surface area contributed by atoms with Crippen molar-refractivity contribution in [1.29, 1.82) is 0 Å². The average molecular weight is 439 g/mol. The number of esters is 1. The van der Waals surface area contributed by atoms with Crippen LogP contribution in [0, 0.1) is 23.2 Å². The highest BCUT2D eigenvalue weighted by molar-refractivity contribution is 5.75. The van der Waals surface area contributed by atoms with Crippen molar-refractivity contribution in [1.82, 2.24) is 10.2 Å². The average Bonchev–Trinajstić information content (AvgIpc) is 3.49. The van der Waals surface area contributed by atoms with Gasteiger partial charge in [-0.1, -0.05) is 37.3 Å². The van der Waals surface area contributed by atoms with Gasteiger partial charge in [0.15, 0.2) is 0 Å². The van der Waals surface area contributed by atoms with E-state index in [1.54, 1.807) is 0 Å². The molecular weight excluding hydrogens is 400 g/mol. The predicted octanol–water partition coefficient (Wildman–Crippen LogP) is 3.77. The number of epoxide rings is 1. The maximum Gasteiger partial charge on any atom is 0.310 e. The zero-order valence-electron chi connectivity index (χ0n) is 19.4. The van der Waals surface area contributed by atoms with E-state index in [-0.39, 0.29) is 29.0 Å². The smallest absolute Gasteiger partial charge is 0.310 e. The molecule has 0 radical (unpaired) electrons. The quantitative estimate of drug-likeness (QED) is 0.560. The van der Waals surface area contributed by atoms with Crippen molar-refractivity contribution in [3.8, 4) is 0 Å². The van der Waals surface area contributed by atoms with Crippen LogP contribution in [0.2, 0.25) is 0 Å². The molecule has 3 heterocycles. The van der Waals surface area contributed by atoms with Crippen LogP contribution in [-0.4, -0.2) is 54.9 Å². The Morgan fingerprint density at radius 2 is 1.94 bits per heavy atom. The van der Waals surface area contributed by atoms with Crippen molar-refractivity contribution in [2.24, 2.45) is 23.2 Å². The molecule has 1 spiro atoms. The van der Waals surface area contributed by atoms with Crippen molar-refractivity contribution in [2.45, 2.75) is 76.2 Å². The molecule has 2 aliphatic carbocycles. The molecule has 3 saturated heterocycles. The molecule has 174 valence electrons. The van der Waals surface area contributed by atoms with E-state index in [0.29, 0.717) is 17.9 Å². The van der Waals surface area contributed by atoms with Gasteiger partial charge in [-0.05, 0) is 74.9 Å². The first-order valence-corrected chi connectivity index (χ1v) is 12.9. The Morgan fingerprint density at radius 1 is 1.16 bits per heavy atom. The fraction of sp³-hybridized carbons (Fsp3) is 0.741. The van der Waals surface area contributed by atoms with Crippen LogP contribution < -0.4 is 5.32 Å². The highest BCUT2D eigenvalue weighted by Gasteiger charge is 2.65. The zero-order valence-corrected chi connectivity index (χ0v) is 19.4. The molecule has 1 aromatic carbocycles. The van der Waals surface area contributed by atoms with Gasteiger partial charge in [-0.3, -0.25) is 9.69 Å². The highest BCUT2D eigenvalue weighted by atomic mass is 16.6. The van der Waals surface area contributed by atoms with Crippen molar-refractivity contribution >= 4 is 5.97 Å². The second-order valence-corrected chi connectivity index (χ2v) is 11.5. The standard InChI is InChI=1S/C27H38N2O3/c1-26-10-5-11-27(18-31-27)24(26)14-21-22(25(30)32-23(21)15-26)16-28-20-8-12-29(13-9-20)17-19-6-3-2-4-7-19/h2-4,6-7,20-24,28H,5,8-18H2,1H3/t21-,22+,23+,24+,26+,27+/m0/s1. The summed E-state index contributed by atoms with van der Waals surface area (Å²) in [7, 11) is 0. The summed E-state index contributed by atoms with van der Waals surface area (Å²) in [6.45, 7) is 7.42. The van der Waals surface area contributed by atoms with E-state index in [9.17, 15) is 4.79 Å². The van der Waals surface area contributed by atoms with Crippen molar-refractivity contribution in [3.63, 3.8) is 0 Å². The molecule has 1 N–H and O–H groups in total. The van der Waals surface area contributed by atoms with E-state index in [4.69, 9.17) is 9.47 Å². The molecule has 0 bridgehead atoms. The van der Waals surface area contributed by atoms with E-state index in [1.807, 2.05) is 0 Å². The first-order chi connectivity index (χ1) is 15.5. The zero-order chi connectivity index (χ0) is 21.8. The summed E-state index contributed by atoms with van der Waals surface area (Å²) in [5.41, 5.74) is 1.81. The summed E-state index contributed by atoms with van der Waals surface area (Å²) in [6.07, 6.45) is 8.30. The minimum atomic E-state index is 0.0182. The maximum absolute atomic E-state index is 12.9. The molecule has 6 atom stereocenters. The number of hydrogen-bond acceptors (Lipinski definition) is 5. The number of carbonyl (C=O) groups is 1. The van der Waals surface area contributed by atoms with Crippen LogP contribution in [0.3, 0.4) is 0 Å². The summed E-state index contributed by atoms with van der Waals surface area (Å²) < 4.78 is 12.0. The summed E-state index contributed by atoms with van der Waals surface area (Å²) in [4.78, 5) is 15.4. The van der Waals surface area contributed by atoms with Gasteiger partial charge in [-0.25, -0.2) is 0 Å². The summed E-state index contributed by atoms with van der Waals surface area (Å²) in [5, 5.41) is 3.77. The van der Waals surface area contributed by atoms with Gasteiger partial charge >= 0.3 is 5.97 Å². The Kier molecular flexibility index (Phi) is 5.35. The molecule has 5 nitrogen and oxygen atoms in total. The van der Waals surface area contributed by atoms with Gasteiger partial charge in [-0.2, -0.15) is 0 Å². The van der Waals surface area contributed by atoms with Crippen LogP contribution in [0.15, 0.2) is 30.3 Å². The molecule has 1 aromatic rings. The molecule has 0 unspecified atom stereocenters. The third kappa shape index (κ3) is 3.80. The lowest BCUT2D eigenvalue weighted by Crippen LogP contribution is -2.51. The number of nitrogens with zero attached hydrogens (tertiary/aromatic N) is 1. The fourth-order valence-corrected chi connectivity index (χ4v) is 7.62. The molecule has 0 amide bonds. The SMILES string of the molecule is C[C@]12CCC[C@@]3(CO3)[C@@H]1C[C@@H]1[C@@H](C2)OC(=O)[C@@H]1CNC1CCN(Cc2ccccc2)CC1. The van der Waals surface area contributed by atoms with Crippen LogP contribution in [0.4, 0.5) is 0 Å². The van der Waals surface area contributed by atoms with Gasteiger partial charge < -0.3 is 14.8 Å². The van der Waals surface area contributed by atoms with E-state index < -0.39 is 0 Å². The molecule has 0 aromatic heterocycles. The molecule has 6 rings (SSSR count). The van der Waals surface area contributed by atoms with Crippen LogP contribution >= 0.6 is 0 Å². The number of carbonyl (C=O) groups excluding carboxylic acids is 1. The molecule has 3 aliphatic heterocycles. The summed E-state index contributed by atoms with van der Waals surface area (Å²) in [6, 6.07) is 11.3. The lowest BCUT2D eigenvalue weighted by atomic mass is 9.53. The molecule has 5 fully saturated rings. The van der Waals surface area contributed by atoms with Crippen LogP contribution in [0.5, 0.6) is 0 Å². The monoisotopic (exact) mass is 438 g/mol. The van der Waals surface area contributed by atoms with Crippen molar-refractivity contribution < 1.29 is 14.3 Å². The van der Waals surface area contributed by atoms with E-state index >= 15 is 0 Å². The van der Waals surface area contributed by atoms with Gasteiger partial charge in [-0.15, -0.1) is 0 Å².